The van der Waals surface area contributed by atoms with Crippen LogP contribution in [0.1, 0.15) is 31.7 Å². The van der Waals surface area contributed by atoms with E-state index in [0.29, 0.717) is 12.5 Å². The van der Waals surface area contributed by atoms with Crippen LogP contribution < -0.4 is 16.8 Å². The van der Waals surface area contributed by atoms with Crippen molar-refractivity contribution >= 4 is 36.6 Å². The van der Waals surface area contributed by atoms with E-state index in [0.717, 1.165) is 54.9 Å². The lowest BCUT2D eigenvalue weighted by molar-refractivity contribution is 0.810. The van der Waals surface area contributed by atoms with E-state index in [1.807, 2.05) is 30.3 Å². The zero-order valence-corrected chi connectivity index (χ0v) is 15.6. The topological polar surface area (TPSA) is 89.8 Å². The van der Waals surface area contributed by atoms with E-state index in [9.17, 15) is 0 Å². The number of nitrogens with zero attached hydrogens (tertiary/aromatic N) is 2. The Labute approximate surface area is 156 Å². The molecule has 0 aliphatic rings. The van der Waals surface area contributed by atoms with Gasteiger partial charge in [0.25, 0.3) is 0 Å². The highest BCUT2D eigenvalue weighted by molar-refractivity contribution is 5.85. The summed E-state index contributed by atoms with van der Waals surface area (Å²) in [5.41, 5.74) is 14.7. The fourth-order valence-corrected chi connectivity index (χ4v) is 2.38. The maximum Gasteiger partial charge on any atom is 0.222 e. The highest BCUT2D eigenvalue weighted by atomic mass is 35.5. The molecule has 0 aliphatic carbocycles. The van der Waals surface area contributed by atoms with Gasteiger partial charge in [-0.1, -0.05) is 43.7 Å². The van der Waals surface area contributed by atoms with Crippen LogP contribution in [0.5, 0.6) is 0 Å². The summed E-state index contributed by atoms with van der Waals surface area (Å²) in [7, 11) is 0. The summed E-state index contributed by atoms with van der Waals surface area (Å²) in [6, 6.07) is 10.1. The maximum atomic E-state index is 5.91. The SMILES string of the molecule is CCCCNc1nc(N)nc(-c2ccccc2)c1CCCN.Cl.Cl. The Bertz CT molecular complexity index is 593. The van der Waals surface area contributed by atoms with Crippen molar-refractivity contribution in [1.29, 1.82) is 0 Å². The molecule has 2 rings (SSSR count). The quantitative estimate of drug-likeness (QED) is 0.615. The molecule has 0 unspecified atom stereocenters. The largest absolute Gasteiger partial charge is 0.370 e. The van der Waals surface area contributed by atoms with Gasteiger partial charge < -0.3 is 16.8 Å². The number of rotatable bonds is 8. The monoisotopic (exact) mass is 371 g/mol. The molecular weight excluding hydrogens is 345 g/mol. The predicted octanol–water partition coefficient (Wildman–Crippen LogP) is 3.67. The lowest BCUT2D eigenvalue weighted by Crippen LogP contribution is -2.12. The van der Waals surface area contributed by atoms with Gasteiger partial charge in [0.15, 0.2) is 0 Å². The van der Waals surface area contributed by atoms with E-state index in [2.05, 4.69) is 22.2 Å². The number of hydrogen-bond acceptors (Lipinski definition) is 5. The summed E-state index contributed by atoms with van der Waals surface area (Å²) in [6.45, 7) is 3.70. The highest BCUT2D eigenvalue weighted by Gasteiger charge is 2.14. The van der Waals surface area contributed by atoms with Crippen molar-refractivity contribution in [3.8, 4) is 11.3 Å². The number of halogens is 2. The molecule has 0 saturated heterocycles. The van der Waals surface area contributed by atoms with Gasteiger partial charge in [-0.05, 0) is 25.8 Å². The maximum absolute atomic E-state index is 5.91. The van der Waals surface area contributed by atoms with E-state index < -0.39 is 0 Å². The molecule has 0 radical (unpaired) electrons. The molecule has 2 aromatic rings. The second-order valence-corrected chi connectivity index (χ2v) is 5.30. The van der Waals surface area contributed by atoms with E-state index in [4.69, 9.17) is 11.5 Å². The van der Waals surface area contributed by atoms with Crippen LogP contribution >= 0.6 is 24.8 Å². The van der Waals surface area contributed by atoms with Crippen molar-refractivity contribution in [2.45, 2.75) is 32.6 Å². The van der Waals surface area contributed by atoms with Gasteiger partial charge in [-0.25, -0.2) is 4.98 Å². The van der Waals surface area contributed by atoms with Crippen LogP contribution in [0, 0.1) is 0 Å². The van der Waals surface area contributed by atoms with Gasteiger partial charge >= 0.3 is 0 Å². The first-order valence-electron chi connectivity index (χ1n) is 7.92. The third kappa shape index (κ3) is 6.15. The van der Waals surface area contributed by atoms with Crippen molar-refractivity contribution in [1.82, 2.24) is 9.97 Å². The fourth-order valence-electron chi connectivity index (χ4n) is 2.38. The van der Waals surface area contributed by atoms with Gasteiger partial charge in [0.05, 0.1) is 5.69 Å². The normalized spacial score (nSPS) is 9.75. The molecule has 24 heavy (non-hydrogen) atoms. The third-order valence-corrected chi connectivity index (χ3v) is 3.53. The van der Waals surface area contributed by atoms with Crippen molar-refractivity contribution < 1.29 is 0 Å². The zero-order chi connectivity index (χ0) is 15.8. The molecule has 0 spiro atoms. The van der Waals surface area contributed by atoms with Crippen LogP contribution in [-0.2, 0) is 6.42 Å². The number of anilines is 2. The number of hydrogen-bond donors (Lipinski definition) is 3. The van der Waals surface area contributed by atoms with Crippen molar-refractivity contribution in [3.63, 3.8) is 0 Å². The Morgan fingerprint density at radius 1 is 1.04 bits per heavy atom. The number of nitrogen functional groups attached to an aromatic ring is 1. The van der Waals surface area contributed by atoms with Gasteiger partial charge in [0.2, 0.25) is 5.95 Å². The van der Waals surface area contributed by atoms with E-state index >= 15 is 0 Å². The molecule has 0 saturated carbocycles. The van der Waals surface area contributed by atoms with E-state index in [1.165, 1.54) is 0 Å². The molecule has 1 aromatic heterocycles. The number of nitrogens with one attached hydrogen (secondary N) is 1. The number of unbranched alkanes of at least 4 members (excludes halogenated alkanes) is 1. The molecule has 0 bridgehead atoms. The van der Waals surface area contributed by atoms with Crippen LogP contribution in [0.25, 0.3) is 11.3 Å². The molecule has 7 heteroatoms. The van der Waals surface area contributed by atoms with Gasteiger partial charge in [-0.15, -0.1) is 24.8 Å². The van der Waals surface area contributed by atoms with Crippen LogP contribution in [-0.4, -0.2) is 23.1 Å². The summed E-state index contributed by atoms with van der Waals surface area (Å²) < 4.78 is 0. The molecule has 0 fully saturated rings. The van der Waals surface area contributed by atoms with Crippen LogP contribution in [0.15, 0.2) is 30.3 Å². The smallest absolute Gasteiger partial charge is 0.222 e. The van der Waals surface area contributed by atoms with Crippen molar-refractivity contribution in [2.75, 3.05) is 24.1 Å². The predicted molar refractivity (Wildman–Crippen MR) is 107 cm³/mol. The van der Waals surface area contributed by atoms with Gasteiger partial charge in [-0.3, -0.25) is 0 Å². The van der Waals surface area contributed by atoms with Crippen LogP contribution in [0.2, 0.25) is 0 Å². The highest BCUT2D eigenvalue weighted by Crippen LogP contribution is 2.28. The number of benzene rings is 1. The molecule has 5 N–H and O–H groups in total. The molecule has 0 amide bonds. The number of aromatic nitrogens is 2. The lowest BCUT2D eigenvalue weighted by atomic mass is 10.0. The first kappa shape index (κ1) is 22.4. The molecular formula is C17H27Cl2N5. The second-order valence-electron chi connectivity index (χ2n) is 5.30. The van der Waals surface area contributed by atoms with Crippen LogP contribution in [0.3, 0.4) is 0 Å². The Kier molecular flexibility index (Phi) is 11.1. The Morgan fingerprint density at radius 3 is 2.38 bits per heavy atom. The van der Waals surface area contributed by atoms with Gasteiger partial charge in [0, 0.05) is 17.7 Å². The zero-order valence-electron chi connectivity index (χ0n) is 14.0. The molecule has 1 aromatic carbocycles. The summed E-state index contributed by atoms with van der Waals surface area (Å²) in [5.74, 6) is 1.14. The first-order chi connectivity index (χ1) is 10.8. The van der Waals surface area contributed by atoms with Gasteiger partial charge in [-0.2, -0.15) is 4.98 Å². The lowest BCUT2D eigenvalue weighted by Gasteiger charge is -2.15. The minimum absolute atomic E-state index is 0. The average Bonchev–Trinajstić information content (AvgIpc) is 2.54. The fraction of sp³-hybridized carbons (Fsp3) is 0.412. The second kappa shape index (κ2) is 11.9. The minimum Gasteiger partial charge on any atom is -0.370 e. The standard InChI is InChI=1S/C17H25N5.2ClH/c1-2-3-12-20-16-14(10-7-11-18)15(21-17(19)22-16)13-8-5-4-6-9-13;;/h4-6,8-9H,2-3,7,10-12,18H2,1H3,(H3,19,20,21,22);2*1H. The molecule has 134 valence electrons. The number of nitrogens with two attached hydrogens (primary N) is 2. The third-order valence-electron chi connectivity index (χ3n) is 3.53. The van der Waals surface area contributed by atoms with E-state index in [-0.39, 0.29) is 24.8 Å². The molecule has 5 nitrogen and oxygen atoms in total. The minimum atomic E-state index is 0. The van der Waals surface area contributed by atoms with E-state index in [1.54, 1.807) is 0 Å². The summed E-state index contributed by atoms with van der Waals surface area (Å²) in [5, 5.41) is 3.40. The summed E-state index contributed by atoms with van der Waals surface area (Å²) in [4.78, 5) is 8.87. The average molecular weight is 372 g/mol. The van der Waals surface area contributed by atoms with Crippen molar-refractivity contribution in [2.24, 2.45) is 5.73 Å². The molecule has 0 aliphatic heterocycles. The Balaban J connectivity index is 0.00000264. The molecule has 1 heterocycles. The molecule has 0 atom stereocenters. The first-order valence-corrected chi connectivity index (χ1v) is 7.92. The summed E-state index contributed by atoms with van der Waals surface area (Å²) >= 11 is 0. The van der Waals surface area contributed by atoms with Gasteiger partial charge in [0.1, 0.15) is 5.82 Å². The van der Waals surface area contributed by atoms with Crippen LogP contribution in [0.4, 0.5) is 11.8 Å². The Morgan fingerprint density at radius 2 is 1.75 bits per heavy atom. The van der Waals surface area contributed by atoms with Crippen molar-refractivity contribution in [3.05, 3.63) is 35.9 Å². The Hall–Kier alpha value is -1.56. The summed E-state index contributed by atoms with van der Waals surface area (Å²) in [6.07, 6.45) is 3.98.